The molecule has 21 heavy (non-hydrogen) atoms. The second kappa shape index (κ2) is 7.07. The highest BCUT2D eigenvalue weighted by Gasteiger charge is 2.17. The molecule has 0 aliphatic carbocycles. The van der Waals surface area contributed by atoms with Crippen LogP contribution in [-0.4, -0.2) is 31.2 Å². The number of carbonyl (C=O) groups is 2. The Kier molecular flexibility index (Phi) is 5.71. The first kappa shape index (κ1) is 17.0. The molecule has 0 saturated heterocycles. The average Bonchev–Trinajstić information content (AvgIpc) is 2.37. The molecule has 1 aromatic rings. The number of benzene rings is 1. The van der Waals surface area contributed by atoms with Crippen molar-refractivity contribution in [3.8, 4) is 0 Å². The van der Waals surface area contributed by atoms with Crippen LogP contribution >= 0.6 is 0 Å². The maximum Gasteiger partial charge on any atom is 0.337 e. The Hall–Kier alpha value is -2.09. The molecule has 1 amide bonds. The first-order valence-corrected chi connectivity index (χ1v) is 8.06. The molecular formula is C13H18N2O5S. The van der Waals surface area contributed by atoms with E-state index in [0.717, 1.165) is 0 Å². The van der Waals surface area contributed by atoms with Crippen molar-refractivity contribution in [2.45, 2.75) is 26.7 Å². The zero-order chi connectivity index (χ0) is 16.0. The molecule has 3 N–H and O–H groups in total. The van der Waals surface area contributed by atoms with Crippen molar-refractivity contribution in [3.05, 3.63) is 23.8 Å². The van der Waals surface area contributed by atoms with Gasteiger partial charge < -0.3 is 10.4 Å². The number of anilines is 2. The van der Waals surface area contributed by atoms with E-state index in [2.05, 4.69) is 10.0 Å². The first-order chi connectivity index (χ1) is 9.75. The van der Waals surface area contributed by atoms with Gasteiger partial charge in [-0.3, -0.25) is 9.52 Å². The van der Waals surface area contributed by atoms with Gasteiger partial charge in [0.15, 0.2) is 0 Å². The molecular weight excluding hydrogens is 296 g/mol. The minimum absolute atomic E-state index is 0.0206. The van der Waals surface area contributed by atoms with E-state index in [1.165, 1.54) is 25.1 Å². The van der Waals surface area contributed by atoms with E-state index in [9.17, 15) is 18.0 Å². The lowest BCUT2D eigenvalue weighted by atomic mass is 10.1. The maximum atomic E-state index is 11.8. The smallest absolute Gasteiger partial charge is 0.337 e. The van der Waals surface area contributed by atoms with Gasteiger partial charge in [-0.1, -0.05) is 13.3 Å². The molecule has 0 heterocycles. The van der Waals surface area contributed by atoms with E-state index in [0.29, 0.717) is 12.8 Å². The summed E-state index contributed by atoms with van der Waals surface area (Å²) in [7, 11) is -3.59. The molecule has 7 nitrogen and oxygen atoms in total. The monoisotopic (exact) mass is 314 g/mol. The van der Waals surface area contributed by atoms with Gasteiger partial charge in [0.25, 0.3) is 0 Å². The number of carboxylic acid groups (broad SMARTS) is 1. The molecule has 1 rings (SSSR count). The van der Waals surface area contributed by atoms with Crippen molar-refractivity contribution in [1.29, 1.82) is 0 Å². The second-order valence-corrected chi connectivity index (χ2v) is 6.36. The first-order valence-electron chi connectivity index (χ1n) is 6.40. The number of nitrogens with one attached hydrogen (secondary N) is 2. The fourth-order valence-electron chi connectivity index (χ4n) is 1.64. The Morgan fingerprint density at radius 1 is 1.29 bits per heavy atom. The van der Waals surface area contributed by atoms with Gasteiger partial charge >= 0.3 is 5.97 Å². The lowest BCUT2D eigenvalue weighted by molar-refractivity contribution is -0.114. The summed E-state index contributed by atoms with van der Waals surface area (Å²) in [5.74, 6) is -1.70. The van der Waals surface area contributed by atoms with Crippen LogP contribution in [0.1, 0.15) is 37.0 Å². The number of carboxylic acids is 1. The zero-order valence-electron chi connectivity index (χ0n) is 11.8. The number of rotatable bonds is 7. The molecule has 0 unspecified atom stereocenters. The van der Waals surface area contributed by atoms with Crippen LogP contribution in [-0.2, 0) is 14.8 Å². The van der Waals surface area contributed by atoms with Gasteiger partial charge in [0.1, 0.15) is 0 Å². The van der Waals surface area contributed by atoms with E-state index >= 15 is 0 Å². The van der Waals surface area contributed by atoms with Gasteiger partial charge in [-0.2, -0.15) is 0 Å². The largest absolute Gasteiger partial charge is 0.478 e. The Bertz CT molecular complexity index is 640. The van der Waals surface area contributed by atoms with Crippen LogP contribution in [0.5, 0.6) is 0 Å². The van der Waals surface area contributed by atoms with Gasteiger partial charge in [0.05, 0.1) is 17.0 Å². The molecule has 116 valence electrons. The molecule has 0 aromatic heterocycles. The van der Waals surface area contributed by atoms with Gasteiger partial charge in [0, 0.05) is 12.6 Å². The zero-order valence-corrected chi connectivity index (χ0v) is 12.7. The van der Waals surface area contributed by atoms with E-state index in [4.69, 9.17) is 5.11 Å². The number of amides is 1. The lowest BCUT2D eigenvalue weighted by Gasteiger charge is -2.12. The molecule has 0 spiro atoms. The van der Waals surface area contributed by atoms with Crippen molar-refractivity contribution < 1.29 is 23.1 Å². The topological polar surface area (TPSA) is 113 Å². The molecule has 0 fully saturated rings. The highest BCUT2D eigenvalue weighted by molar-refractivity contribution is 7.92. The third kappa shape index (κ3) is 5.42. The number of hydrogen-bond acceptors (Lipinski definition) is 4. The summed E-state index contributed by atoms with van der Waals surface area (Å²) in [5, 5.41) is 11.6. The van der Waals surface area contributed by atoms with E-state index in [-0.39, 0.29) is 28.6 Å². The molecule has 8 heteroatoms. The number of hydrogen-bond donors (Lipinski definition) is 3. The predicted octanol–water partition coefficient (Wildman–Crippen LogP) is 1.89. The van der Waals surface area contributed by atoms with Crippen molar-refractivity contribution in [2.75, 3.05) is 15.8 Å². The minimum atomic E-state index is -3.59. The van der Waals surface area contributed by atoms with Gasteiger partial charge in [-0.25, -0.2) is 13.2 Å². The van der Waals surface area contributed by atoms with Crippen molar-refractivity contribution in [1.82, 2.24) is 0 Å². The predicted molar refractivity (Wildman–Crippen MR) is 80.0 cm³/mol. The summed E-state index contributed by atoms with van der Waals surface area (Å²) in [5.41, 5.74) is 0.0467. The highest BCUT2D eigenvalue weighted by atomic mass is 32.2. The Morgan fingerprint density at radius 3 is 2.48 bits per heavy atom. The van der Waals surface area contributed by atoms with Crippen LogP contribution in [0.15, 0.2) is 18.2 Å². The van der Waals surface area contributed by atoms with Crippen LogP contribution in [0, 0.1) is 0 Å². The minimum Gasteiger partial charge on any atom is -0.478 e. The summed E-state index contributed by atoms with van der Waals surface area (Å²) >= 11 is 0. The Labute approximate surface area is 123 Å². The summed E-state index contributed by atoms with van der Waals surface area (Å²) in [6, 6.07) is 3.96. The number of unbranched alkanes of at least 4 members (excludes halogenated alkanes) is 1. The molecule has 0 bridgehead atoms. The van der Waals surface area contributed by atoms with Crippen LogP contribution < -0.4 is 10.0 Å². The third-order valence-electron chi connectivity index (χ3n) is 2.60. The summed E-state index contributed by atoms with van der Waals surface area (Å²) < 4.78 is 25.9. The van der Waals surface area contributed by atoms with Crippen molar-refractivity contribution in [3.63, 3.8) is 0 Å². The van der Waals surface area contributed by atoms with E-state index < -0.39 is 16.0 Å². The standard InChI is InChI=1S/C13H18N2O5S/c1-3-4-7-21(19,20)15-12-6-5-10(14-9(2)16)8-11(12)13(17)18/h5-6,8,15H,3-4,7H2,1-2H3,(H,14,16)(H,17,18). The molecule has 0 radical (unpaired) electrons. The third-order valence-corrected chi connectivity index (χ3v) is 3.96. The van der Waals surface area contributed by atoms with Crippen LogP contribution in [0.25, 0.3) is 0 Å². The quantitative estimate of drug-likeness (QED) is 0.711. The molecule has 0 saturated carbocycles. The van der Waals surface area contributed by atoms with Gasteiger partial charge in [0.2, 0.25) is 15.9 Å². The number of sulfonamides is 1. The number of aromatic carboxylic acids is 1. The lowest BCUT2D eigenvalue weighted by Crippen LogP contribution is -2.19. The Balaban J connectivity index is 3.07. The SMILES string of the molecule is CCCCS(=O)(=O)Nc1ccc(NC(C)=O)cc1C(=O)O. The summed E-state index contributed by atoms with van der Waals surface area (Å²) in [6.07, 6.45) is 1.20. The average molecular weight is 314 g/mol. The van der Waals surface area contributed by atoms with Crippen LogP contribution in [0.2, 0.25) is 0 Å². The number of carbonyl (C=O) groups excluding carboxylic acids is 1. The molecule has 0 atom stereocenters. The highest BCUT2D eigenvalue weighted by Crippen LogP contribution is 2.22. The normalized spacial score (nSPS) is 11.0. The maximum absolute atomic E-state index is 11.8. The van der Waals surface area contributed by atoms with Gasteiger partial charge in [-0.05, 0) is 24.6 Å². The van der Waals surface area contributed by atoms with Crippen molar-refractivity contribution >= 4 is 33.3 Å². The fraction of sp³-hybridized carbons (Fsp3) is 0.385. The van der Waals surface area contributed by atoms with Crippen molar-refractivity contribution in [2.24, 2.45) is 0 Å². The van der Waals surface area contributed by atoms with E-state index in [1.807, 2.05) is 6.92 Å². The molecule has 0 aliphatic rings. The van der Waals surface area contributed by atoms with Crippen LogP contribution in [0.3, 0.4) is 0 Å². The second-order valence-electron chi connectivity index (χ2n) is 4.52. The molecule has 1 aromatic carbocycles. The van der Waals surface area contributed by atoms with Gasteiger partial charge in [-0.15, -0.1) is 0 Å². The molecule has 0 aliphatic heterocycles. The van der Waals surface area contributed by atoms with E-state index in [1.54, 1.807) is 0 Å². The fourth-order valence-corrected chi connectivity index (χ4v) is 2.93. The summed E-state index contributed by atoms with van der Waals surface area (Å²) in [4.78, 5) is 22.2. The Morgan fingerprint density at radius 2 is 1.95 bits per heavy atom. The van der Waals surface area contributed by atoms with Crippen LogP contribution in [0.4, 0.5) is 11.4 Å². The summed E-state index contributed by atoms with van der Waals surface area (Å²) in [6.45, 7) is 3.15.